The minimum Gasteiger partial charge on any atom is -0.480 e. The van der Waals surface area contributed by atoms with Crippen LogP contribution in [0.4, 0.5) is 0 Å². The minimum absolute atomic E-state index is 0.662. The Bertz CT molecular complexity index is 304. The number of hydrogen-bond donors (Lipinski definition) is 0. The third-order valence-electron chi connectivity index (χ3n) is 2.12. The van der Waals surface area contributed by atoms with Gasteiger partial charge in [0.15, 0.2) is 0 Å². The van der Waals surface area contributed by atoms with E-state index in [1.165, 1.54) is 12.8 Å². The topological polar surface area (TPSA) is 27.1 Å². The SMILES string of the molecule is COc1c(Br)c(C2CC2)nn1C. The molecule has 1 saturated carbocycles. The summed E-state index contributed by atoms with van der Waals surface area (Å²) in [4.78, 5) is 0. The van der Waals surface area contributed by atoms with Crippen molar-refractivity contribution in [3.8, 4) is 5.88 Å². The van der Waals surface area contributed by atoms with Gasteiger partial charge in [-0.05, 0) is 28.8 Å². The molecule has 4 heteroatoms. The van der Waals surface area contributed by atoms with E-state index < -0.39 is 0 Å². The van der Waals surface area contributed by atoms with Crippen LogP contribution in [0.5, 0.6) is 5.88 Å². The van der Waals surface area contributed by atoms with E-state index in [-0.39, 0.29) is 0 Å². The maximum absolute atomic E-state index is 5.19. The molecule has 0 N–H and O–H groups in total. The lowest BCUT2D eigenvalue weighted by atomic mass is 10.3. The van der Waals surface area contributed by atoms with Crippen LogP contribution in [0.15, 0.2) is 4.47 Å². The van der Waals surface area contributed by atoms with Crippen LogP contribution in [-0.4, -0.2) is 16.9 Å². The van der Waals surface area contributed by atoms with Gasteiger partial charge >= 0.3 is 0 Å². The maximum atomic E-state index is 5.19. The first-order chi connectivity index (χ1) is 5.74. The molecule has 2 rings (SSSR count). The molecule has 0 radical (unpaired) electrons. The van der Waals surface area contributed by atoms with Crippen molar-refractivity contribution in [2.24, 2.45) is 7.05 Å². The number of rotatable bonds is 2. The Labute approximate surface area is 79.8 Å². The van der Waals surface area contributed by atoms with Gasteiger partial charge in [-0.3, -0.25) is 0 Å². The summed E-state index contributed by atoms with van der Waals surface area (Å²) in [7, 11) is 3.56. The van der Waals surface area contributed by atoms with Crippen LogP contribution < -0.4 is 4.74 Å². The summed E-state index contributed by atoms with van der Waals surface area (Å²) >= 11 is 3.49. The molecule has 0 amide bonds. The number of nitrogens with zero attached hydrogens (tertiary/aromatic N) is 2. The quantitative estimate of drug-likeness (QED) is 0.778. The molecule has 0 aliphatic heterocycles. The van der Waals surface area contributed by atoms with Crippen molar-refractivity contribution in [2.75, 3.05) is 7.11 Å². The molecule has 12 heavy (non-hydrogen) atoms. The highest BCUT2D eigenvalue weighted by atomic mass is 79.9. The van der Waals surface area contributed by atoms with Gasteiger partial charge in [0.05, 0.1) is 12.8 Å². The van der Waals surface area contributed by atoms with E-state index in [1.807, 2.05) is 7.05 Å². The molecule has 1 heterocycles. The Morgan fingerprint density at radius 3 is 2.67 bits per heavy atom. The lowest BCUT2D eigenvalue weighted by Gasteiger charge is -1.97. The Balaban J connectivity index is 2.42. The molecule has 0 spiro atoms. The van der Waals surface area contributed by atoms with Crippen molar-refractivity contribution >= 4 is 15.9 Å². The first-order valence-corrected chi connectivity index (χ1v) is 4.79. The molecule has 1 aliphatic rings. The number of ether oxygens (including phenoxy) is 1. The number of aryl methyl sites for hydroxylation is 1. The standard InChI is InChI=1S/C8H11BrN2O/c1-11-8(12-2)6(9)7(10-11)5-3-4-5/h5H,3-4H2,1-2H3. The number of aromatic nitrogens is 2. The Hall–Kier alpha value is -0.510. The minimum atomic E-state index is 0.662. The first-order valence-electron chi connectivity index (χ1n) is 4.00. The monoisotopic (exact) mass is 230 g/mol. The van der Waals surface area contributed by atoms with Gasteiger partial charge in [0, 0.05) is 13.0 Å². The van der Waals surface area contributed by atoms with Gasteiger partial charge in [-0.2, -0.15) is 5.10 Å². The second kappa shape index (κ2) is 2.76. The van der Waals surface area contributed by atoms with Crippen LogP contribution in [0.2, 0.25) is 0 Å². The smallest absolute Gasteiger partial charge is 0.226 e. The summed E-state index contributed by atoms with van der Waals surface area (Å²) in [6, 6.07) is 0. The fourth-order valence-corrected chi connectivity index (χ4v) is 2.16. The Morgan fingerprint density at radius 2 is 2.25 bits per heavy atom. The Morgan fingerprint density at radius 1 is 1.58 bits per heavy atom. The van der Waals surface area contributed by atoms with Gasteiger partial charge < -0.3 is 4.74 Å². The van der Waals surface area contributed by atoms with Crippen molar-refractivity contribution in [1.82, 2.24) is 9.78 Å². The largest absolute Gasteiger partial charge is 0.480 e. The van der Waals surface area contributed by atoms with E-state index in [0.717, 1.165) is 16.0 Å². The van der Waals surface area contributed by atoms with Gasteiger partial charge in [0.2, 0.25) is 5.88 Å². The van der Waals surface area contributed by atoms with Gasteiger partial charge in [0.25, 0.3) is 0 Å². The fourth-order valence-electron chi connectivity index (χ4n) is 1.34. The van der Waals surface area contributed by atoms with E-state index in [9.17, 15) is 0 Å². The van der Waals surface area contributed by atoms with E-state index in [4.69, 9.17) is 4.74 Å². The maximum Gasteiger partial charge on any atom is 0.226 e. The predicted molar refractivity (Wildman–Crippen MR) is 49.4 cm³/mol. The molecule has 1 aromatic rings. The molecule has 0 bridgehead atoms. The van der Waals surface area contributed by atoms with Crippen LogP contribution in [-0.2, 0) is 7.05 Å². The van der Waals surface area contributed by atoms with E-state index in [0.29, 0.717) is 5.92 Å². The summed E-state index contributed by atoms with van der Waals surface area (Å²) in [5, 5.41) is 4.39. The van der Waals surface area contributed by atoms with Crippen LogP contribution in [0.25, 0.3) is 0 Å². The van der Waals surface area contributed by atoms with Crippen LogP contribution in [0, 0.1) is 0 Å². The number of methoxy groups -OCH3 is 1. The van der Waals surface area contributed by atoms with Crippen LogP contribution in [0.1, 0.15) is 24.5 Å². The van der Waals surface area contributed by atoms with Crippen molar-refractivity contribution in [2.45, 2.75) is 18.8 Å². The van der Waals surface area contributed by atoms with Crippen molar-refractivity contribution in [1.29, 1.82) is 0 Å². The third kappa shape index (κ3) is 1.14. The van der Waals surface area contributed by atoms with E-state index >= 15 is 0 Å². The molecular formula is C8H11BrN2O. The van der Waals surface area contributed by atoms with Crippen LogP contribution in [0.3, 0.4) is 0 Å². The summed E-state index contributed by atoms with van der Waals surface area (Å²) in [6.45, 7) is 0. The average Bonchev–Trinajstić information content (AvgIpc) is 2.80. The van der Waals surface area contributed by atoms with Crippen LogP contribution >= 0.6 is 15.9 Å². The number of halogens is 1. The molecule has 1 aromatic heterocycles. The second-order valence-electron chi connectivity index (χ2n) is 3.11. The highest BCUT2D eigenvalue weighted by Crippen LogP contribution is 2.44. The van der Waals surface area contributed by atoms with E-state index in [1.54, 1.807) is 11.8 Å². The first kappa shape index (κ1) is 8.10. The highest BCUT2D eigenvalue weighted by molar-refractivity contribution is 9.10. The molecule has 1 fully saturated rings. The molecule has 0 atom stereocenters. The lowest BCUT2D eigenvalue weighted by molar-refractivity contribution is 0.371. The normalized spacial score (nSPS) is 16.6. The molecule has 3 nitrogen and oxygen atoms in total. The van der Waals surface area contributed by atoms with Gasteiger partial charge in [-0.15, -0.1) is 0 Å². The van der Waals surface area contributed by atoms with Gasteiger partial charge in [-0.1, -0.05) is 0 Å². The third-order valence-corrected chi connectivity index (χ3v) is 2.87. The number of hydrogen-bond acceptors (Lipinski definition) is 2. The predicted octanol–water partition coefficient (Wildman–Crippen LogP) is 2.07. The summed E-state index contributed by atoms with van der Waals surface area (Å²) in [5.41, 5.74) is 1.15. The molecule has 1 aliphatic carbocycles. The molecule has 0 unspecified atom stereocenters. The zero-order valence-electron chi connectivity index (χ0n) is 7.17. The summed E-state index contributed by atoms with van der Waals surface area (Å²) < 4.78 is 7.99. The molecular weight excluding hydrogens is 220 g/mol. The van der Waals surface area contributed by atoms with Gasteiger partial charge in [-0.25, -0.2) is 4.68 Å². The fraction of sp³-hybridized carbons (Fsp3) is 0.625. The molecule has 66 valence electrons. The lowest BCUT2D eigenvalue weighted by Crippen LogP contribution is -1.95. The summed E-state index contributed by atoms with van der Waals surface area (Å²) in [5.74, 6) is 1.48. The average molecular weight is 231 g/mol. The summed E-state index contributed by atoms with van der Waals surface area (Å²) in [6.07, 6.45) is 2.53. The zero-order chi connectivity index (χ0) is 8.72. The molecule has 0 aromatic carbocycles. The Kier molecular flexibility index (Phi) is 1.87. The zero-order valence-corrected chi connectivity index (χ0v) is 8.76. The second-order valence-corrected chi connectivity index (χ2v) is 3.90. The van der Waals surface area contributed by atoms with Crippen molar-refractivity contribution in [3.63, 3.8) is 0 Å². The highest BCUT2D eigenvalue weighted by Gasteiger charge is 2.30. The van der Waals surface area contributed by atoms with E-state index in [2.05, 4.69) is 21.0 Å². The van der Waals surface area contributed by atoms with Gasteiger partial charge in [0.1, 0.15) is 4.47 Å². The van der Waals surface area contributed by atoms with Crippen molar-refractivity contribution < 1.29 is 4.74 Å². The molecule has 0 saturated heterocycles. The van der Waals surface area contributed by atoms with Crippen molar-refractivity contribution in [3.05, 3.63) is 10.2 Å².